The van der Waals surface area contributed by atoms with Crippen LogP contribution in [0.3, 0.4) is 0 Å². The highest BCUT2D eigenvalue weighted by Gasteiger charge is 2.32. The standard InChI is InChI=1S/C26H26N4O4.C13H14N2OS.C5H9NO2/c1-16(2)9-20-12-25(29-34-20)33-15-26(32)30-13-19(14-30)17-7-8-22-18(10-17)11-23(28-27-22)21-5-3-4-6-24(21)31;1-9(14-7-16)11-3-5-12(6-4-11)13-10(2)15-8-17-13;7-4-6-2-1-5(8)3-6/h3-8,10-12,16,19,31H,9,13-15H2,1-2H3;3-9H,1-2H3,(H,14,16);4-5,8H,1-3H2/t;9-;/m.0./s1. The van der Waals surface area contributed by atoms with Gasteiger partial charge in [0, 0.05) is 55.5 Å². The van der Waals surface area contributed by atoms with Crippen molar-refractivity contribution in [3.05, 3.63) is 107 Å². The van der Waals surface area contributed by atoms with Crippen LogP contribution < -0.4 is 10.1 Å². The summed E-state index contributed by atoms with van der Waals surface area (Å²) >= 11 is 1.64. The molecule has 2 atom stereocenters. The van der Waals surface area contributed by atoms with Crippen molar-refractivity contribution in [1.29, 1.82) is 0 Å². The Kier molecular flexibility index (Phi) is 14.4. The Morgan fingerprint density at radius 1 is 1.02 bits per heavy atom. The molecule has 3 aromatic heterocycles. The maximum Gasteiger partial charge on any atom is 0.260 e. The summed E-state index contributed by atoms with van der Waals surface area (Å²) in [6.07, 6.45) is 2.74. The number of carbonyl (C=O) groups excluding carboxylic acids is 3. The van der Waals surface area contributed by atoms with Gasteiger partial charge in [-0.05, 0) is 78.4 Å². The summed E-state index contributed by atoms with van der Waals surface area (Å²) in [5.74, 6) is 1.91. The first kappa shape index (κ1) is 42.4. The number of rotatable bonds is 12. The number of nitrogens with zero attached hydrogens (tertiary/aromatic N) is 6. The number of fused-ring (bicyclic) bond motifs is 1. The summed E-state index contributed by atoms with van der Waals surface area (Å²) in [5, 5.41) is 35.1. The fourth-order valence-electron chi connectivity index (χ4n) is 6.68. The SMILES string of the molecule is CC(C)Cc1cc(OCC(=O)N2CC(c3ccc4nnc(-c5ccccc5O)cc4c3)C2)no1.Cc1ncsc1-c1ccc([C@H](C)NC=O)cc1.O=CN1CCC(O)C1. The van der Waals surface area contributed by atoms with Crippen molar-refractivity contribution in [2.45, 2.75) is 58.6 Å². The highest BCUT2D eigenvalue weighted by molar-refractivity contribution is 7.13. The molecule has 59 heavy (non-hydrogen) atoms. The number of carbonyl (C=O) groups is 3. The molecule has 14 nitrogen and oxygen atoms in total. The van der Waals surface area contributed by atoms with E-state index in [9.17, 15) is 19.5 Å². The number of amides is 3. The number of β-amino-alcohol motifs (C(OH)–C–C–N with tert-alkyl or cyclic N) is 1. The molecule has 0 bridgehead atoms. The van der Waals surface area contributed by atoms with Crippen LogP contribution >= 0.6 is 11.3 Å². The van der Waals surface area contributed by atoms with E-state index in [0.29, 0.717) is 49.2 Å². The van der Waals surface area contributed by atoms with Crippen molar-refractivity contribution in [3.8, 4) is 33.3 Å². The fourth-order valence-corrected chi connectivity index (χ4v) is 7.50. The Hall–Kier alpha value is -6.19. The van der Waals surface area contributed by atoms with Gasteiger partial charge in [0.1, 0.15) is 11.5 Å². The first-order valence-corrected chi connectivity index (χ1v) is 20.4. The van der Waals surface area contributed by atoms with E-state index in [-0.39, 0.29) is 36.3 Å². The largest absolute Gasteiger partial charge is 0.507 e. The third-order valence-corrected chi connectivity index (χ3v) is 11.0. The molecule has 3 aromatic carbocycles. The number of likely N-dealkylation sites (tertiary alicyclic amines) is 2. The van der Waals surface area contributed by atoms with E-state index in [0.717, 1.165) is 59.1 Å². The lowest BCUT2D eigenvalue weighted by Gasteiger charge is -2.39. The zero-order chi connectivity index (χ0) is 41.9. The van der Waals surface area contributed by atoms with Crippen LogP contribution in [-0.4, -0.2) is 98.0 Å². The number of hydrogen-bond acceptors (Lipinski definition) is 12. The summed E-state index contributed by atoms with van der Waals surface area (Å²) in [6, 6.07) is 25.1. The van der Waals surface area contributed by atoms with Gasteiger partial charge in [-0.3, -0.25) is 14.4 Å². The number of thiazole rings is 1. The molecule has 0 saturated carbocycles. The van der Waals surface area contributed by atoms with Gasteiger partial charge in [0.25, 0.3) is 11.8 Å². The van der Waals surface area contributed by atoms with Crippen molar-refractivity contribution in [3.63, 3.8) is 0 Å². The van der Waals surface area contributed by atoms with Crippen LogP contribution in [0.25, 0.3) is 32.6 Å². The predicted octanol–water partition coefficient (Wildman–Crippen LogP) is 6.33. The lowest BCUT2D eigenvalue weighted by atomic mass is 9.90. The second-order valence-electron chi connectivity index (χ2n) is 15.0. The molecule has 1 unspecified atom stereocenters. The van der Waals surface area contributed by atoms with E-state index in [1.54, 1.807) is 39.3 Å². The first-order chi connectivity index (χ1) is 28.5. The van der Waals surface area contributed by atoms with Crippen LogP contribution in [0.4, 0.5) is 0 Å². The van der Waals surface area contributed by atoms with Crippen molar-refractivity contribution >= 4 is 41.0 Å². The maximum absolute atomic E-state index is 12.5. The van der Waals surface area contributed by atoms with Crippen LogP contribution in [0.15, 0.2) is 88.9 Å². The second kappa shape index (κ2) is 20.0. The van der Waals surface area contributed by atoms with Crippen molar-refractivity contribution in [2.24, 2.45) is 5.92 Å². The highest BCUT2D eigenvalue weighted by Crippen LogP contribution is 2.32. The molecule has 2 aliphatic rings. The monoisotopic (exact) mass is 819 g/mol. The number of aryl methyl sites for hydroxylation is 1. The molecule has 5 heterocycles. The van der Waals surface area contributed by atoms with Crippen molar-refractivity contribution in [1.82, 2.24) is 35.5 Å². The molecule has 2 saturated heterocycles. The summed E-state index contributed by atoms with van der Waals surface area (Å²) in [4.78, 5) is 41.6. The van der Waals surface area contributed by atoms with Gasteiger partial charge < -0.3 is 34.6 Å². The molecular formula is C44H49N7O7S. The first-order valence-electron chi connectivity index (χ1n) is 19.5. The molecule has 2 fully saturated rings. The van der Waals surface area contributed by atoms with Gasteiger partial charge in [-0.15, -0.1) is 21.5 Å². The van der Waals surface area contributed by atoms with Gasteiger partial charge >= 0.3 is 0 Å². The molecule has 8 rings (SSSR count). The van der Waals surface area contributed by atoms with E-state index in [1.165, 1.54) is 10.4 Å². The van der Waals surface area contributed by atoms with Crippen LogP contribution in [0.2, 0.25) is 0 Å². The van der Waals surface area contributed by atoms with E-state index in [2.05, 4.69) is 57.7 Å². The van der Waals surface area contributed by atoms with E-state index >= 15 is 0 Å². The second-order valence-corrected chi connectivity index (χ2v) is 15.9. The van der Waals surface area contributed by atoms with Crippen LogP contribution in [-0.2, 0) is 20.8 Å². The molecule has 3 amide bonds. The third-order valence-electron chi connectivity index (χ3n) is 10.1. The minimum Gasteiger partial charge on any atom is -0.507 e. The molecule has 15 heteroatoms. The van der Waals surface area contributed by atoms with Crippen molar-refractivity contribution in [2.75, 3.05) is 32.8 Å². The number of hydrogen-bond donors (Lipinski definition) is 3. The molecule has 0 aliphatic carbocycles. The lowest BCUT2D eigenvalue weighted by Crippen LogP contribution is -2.50. The zero-order valence-corrected chi connectivity index (χ0v) is 34.3. The average Bonchev–Trinajstić information content (AvgIpc) is 3.98. The number of benzene rings is 3. The molecule has 3 N–H and O–H groups in total. The lowest BCUT2D eigenvalue weighted by molar-refractivity contribution is -0.138. The number of phenols is 1. The summed E-state index contributed by atoms with van der Waals surface area (Å²) in [6.45, 7) is 10.6. The summed E-state index contributed by atoms with van der Waals surface area (Å²) in [5.41, 5.74) is 8.38. The summed E-state index contributed by atoms with van der Waals surface area (Å²) in [7, 11) is 0. The van der Waals surface area contributed by atoms with Crippen LogP contribution in [0.1, 0.15) is 61.7 Å². The van der Waals surface area contributed by atoms with Gasteiger partial charge in [-0.25, -0.2) is 4.98 Å². The van der Waals surface area contributed by atoms with Gasteiger partial charge in [0.15, 0.2) is 6.61 Å². The van der Waals surface area contributed by atoms with E-state index in [4.69, 9.17) is 14.4 Å². The molecule has 308 valence electrons. The molecule has 6 aromatic rings. The third kappa shape index (κ3) is 11.3. The Labute approximate surface area is 346 Å². The van der Waals surface area contributed by atoms with Gasteiger partial charge in [-0.2, -0.15) is 0 Å². The quantitative estimate of drug-likeness (QED) is 0.117. The van der Waals surface area contributed by atoms with Crippen LogP contribution in [0.5, 0.6) is 11.6 Å². The average molecular weight is 820 g/mol. The smallest absolute Gasteiger partial charge is 0.260 e. The topological polar surface area (TPSA) is 184 Å². The Morgan fingerprint density at radius 3 is 2.44 bits per heavy atom. The number of para-hydroxylation sites is 1. The van der Waals surface area contributed by atoms with Gasteiger partial charge in [0.2, 0.25) is 12.8 Å². The van der Waals surface area contributed by atoms with Crippen LogP contribution in [0, 0.1) is 12.8 Å². The van der Waals surface area contributed by atoms with E-state index < -0.39 is 0 Å². The predicted molar refractivity (Wildman–Crippen MR) is 225 cm³/mol. The highest BCUT2D eigenvalue weighted by atomic mass is 32.1. The zero-order valence-electron chi connectivity index (χ0n) is 33.5. The number of ether oxygens (including phenoxy) is 1. The Balaban J connectivity index is 0.000000192. The Morgan fingerprint density at radius 2 is 1.80 bits per heavy atom. The maximum atomic E-state index is 12.5. The summed E-state index contributed by atoms with van der Waals surface area (Å²) < 4.78 is 10.8. The molecule has 0 spiro atoms. The minimum absolute atomic E-state index is 0.0455. The molecule has 0 radical (unpaired) electrons. The normalized spacial score (nSPS) is 15.4. The molecular weight excluding hydrogens is 771 g/mol. The Bertz CT molecular complexity index is 2320. The van der Waals surface area contributed by atoms with E-state index in [1.807, 2.05) is 61.8 Å². The number of aliphatic hydroxyl groups excluding tert-OH is 1. The number of phenolic OH excluding ortho intramolecular Hbond substituents is 1. The minimum atomic E-state index is -0.278. The fraction of sp³-hybridized carbons (Fsp3) is 0.341. The van der Waals surface area contributed by atoms with Gasteiger partial charge in [0.05, 0.1) is 39.4 Å². The molecule has 2 aliphatic heterocycles. The van der Waals surface area contributed by atoms with Gasteiger partial charge in [-0.1, -0.05) is 56.3 Å². The number of aromatic nitrogens is 4. The number of aliphatic hydroxyl groups is 1. The van der Waals surface area contributed by atoms with Crippen molar-refractivity contribution < 1.29 is 33.9 Å². The number of nitrogens with one attached hydrogen (secondary N) is 1. The number of aromatic hydroxyl groups is 1.